The van der Waals surface area contributed by atoms with Crippen molar-refractivity contribution in [1.82, 2.24) is 9.38 Å². The summed E-state index contributed by atoms with van der Waals surface area (Å²) >= 11 is 0. The Hall–Kier alpha value is -3.72. The summed E-state index contributed by atoms with van der Waals surface area (Å²) in [5, 5.41) is 2.81. The molecule has 0 saturated carbocycles. The zero-order valence-electron chi connectivity index (χ0n) is 19.7. The van der Waals surface area contributed by atoms with Crippen molar-refractivity contribution < 1.29 is 22.3 Å². The molecule has 182 valence electrons. The van der Waals surface area contributed by atoms with Crippen molar-refractivity contribution >= 4 is 27.1 Å². The second-order valence-corrected chi connectivity index (χ2v) is 10.5. The van der Waals surface area contributed by atoms with E-state index in [2.05, 4.69) is 10.3 Å². The molecule has 4 rings (SSSR count). The lowest BCUT2D eigenvalue weighted by Gasteiger charge is -2.14. The number of nitrogens with one attached hydrogen (secondary N) is 1. The molecule has 0 radical (unpaired) electrons. The Morgan fingerprint density at radius 3 is 2.69 bits per heavy atom. The van der Waals surface area contributed by atoms with Crippen LogP contribution in [0.1, 0.15) is 36.7 Å². The van der Waals surface area contributed by atoms with Gasteiger partial charge in [-0.1, -0.05) is 20.8 Å². The van der Waals surface area contributed by atoms with Crippen molar-refractivity contribution in [1.29, 1.82) is 0 Å². The Bertz CT molecular complexity index is 1500. The van der Waals surface area contributed by atoms with Crippen LogP contribution in [0.25, 0.3) is 5.65 Å². The second-order valence-electron chi connectivity index (χ2n) is 8.57. The third kappa shape index (κ3) is 5.35. The fourth-order valence-corrected chi connectivity index (χ4v) is 5.21. The van der Waals surface area contributed by atoms with E-state index in [0.29, 0.717) is 29.8 Å². The number of anilines is 1. The van der Waals surface area contributed by atoms with Crippen LogP contribution in [0.4, 0.5) is 10.1 Å². The van der Waals surface area contributed by atoms with Crippen molar-refractivity contribution in [3.05, 3.63) is 84.1 Å². The molecule has 0 saturated heterocycles. The highest BCUT2D eigenvalue weighted by molar-refractivity contribution is 7.91. The smallest absolute Gasteiger partial charge is 0.257 e. The Morgan fingerprint density at radius 2 is 1.94 bits per heavy atom. The Labute approximate surface area is 203 Å². The molecular weight excluding hydrogens is 469 g/mol. The SMILES string of the molecule is CCc1cc(NC(=O)c2ccc3nccn3c2)ccc1S(=O)(=O)c1cc(F)cc(OCC(C)C)c1. The number of carbonyl (C=O) groups excluding carboxylic acids is 1. The van der Waals surface area contributed by atoms with Gasteiger partial charge < -0.3 is 14.5 Å². The van der Waals surface area contributed by atoms with Crippen LogP contribution in [0, 0.1) is 11.7 Å². The highest BCUT2D eigenvalue weighted by atomic mass is 32.2. The van der Waals surface area contributed by atoms with E-state index in [1.807, 2.05) is 20.8 Å². The van der Waals surface area contributed by atoms with Crippen LogP contribution < -0.4 is 10.1 Å². The molecule has 2 heterocycles. The van der Waals surface area contributed by atoms with Gasteiger partial charge in [0.2, 0.25) is 9.84 Å². The van der Waals surface area contributed by atoms with Gasteiger partial charge in [-0.2, -0.15) is 0 Å². The first kappa shape index (κ1) is 24.4. The van der Waals surface area contributed by atoms with Crippen LogP contribution >= 0.6 is 0 Å². The lowest BCUT2D eigenvalue weighted by molar-refractivity contribution is 0.102. The fraction of sp³-hybridized carbons (Fsp3) is 0.231. The first-order valence-electron chi connectivity index (χ1n) is 11.2. The number of aromatic nitrogens is 2. The van der Waals surface area contributed by atoms with Crippen molar-refractivity contribution in [3.8, 4) is 5.75 Å². The Morgan fingerprint density at radius 1 is 1.14 bits per heavy atom. The van der Waals surface area contributed by atoms with E-state index in [1.54, 1.807) is 41.2 Å². The maximum absolute atomic E-state index is 14.2. The topological polar surface area (TPSA) is 89.8 Å². The number of sulfone groups is 1. The summed E-state index contributed by atoms with van der Waals surface area (Å²) < 4.78 is 48.3. The van der Waals surface area contributed by atoms with Crippen LogP contribution in [0.15, 0.2) is 76.9 Å². The molecule has 4 aromatic rings. The molecule has 1 N–H and O–H groups in total. The van der Waals surface area contributed by atoms with Gasteiger partial charge in [-0.3, -0.25) is 4.79 Å². The predicted octanol–water partition coefficient (Wildman–Crippen LogP) is 5.16. The average molecular weight is 496 g/mol. The van der Waals surface area contributed by atoms with Gasteiger partial charge in [0.1, 0.15) is 17.2 Å². The van der Waals surface area contributed by atoms with Gasteiger partial charge in [-0.15, -0.1) is 0 Å². The number of ether oxygens (including phenoxy) is 1. The normalized spacial score (nSPS) is 11.7. The lowest BCUT2D eigenvalue weighted by Crippen LogP contribution is -2.13. The van der Waals surface area contributed by atoms with E-state index < -0.39 is 15.7 Å². The third-order valence-corrected chi connectivity index (χ3v) is 7.21. The maximum Gasteiger partial charge on any atom is 0.257 e. The Kier molecular flexibility index (Phi) is 6.88. The van der Waals surface area contributed by atoms with Crippen LogP contribution in [-0.4, -0.2) is 30.3 Å². The van der Waals surface area contributed by atoms with E-state index in [9.17, 15) is 17.6 Å². The number of carbonyl (C=O) groups is 1. The van der Waals surface area contributed by atoms with Crippen LogP contribution in [0.2, 0.25) is 0 Å². The summed E-state index contributed by atoms with van der Waals surface area (Å²) in [7, 11) is -4.02. The average Bonchev–Trinajstić information content (AvgIpc) is 3.30. The van der Waals surface area contributed by atoms with Crippen molar-refractivity contribution in [2.45, 2.75) is 37.0 Å². The van der Waals surface area contributed by atoms with E-state index in [0.717, 1.165) is 11.7 Å². The number of fused-ring (bicyclic) bond motifs is 1. The molecule has 0 unspecified atom stereocenters. The number of hydrogen-bond donors (Lipinski definition) is 1. The highest BCUT2D eigenvalue weighted by Gasteiger charge is 2.23. The number of pyridine rings is 1. The molecule has 35 heavy (non-hydrogen) atoms. The van der Waals surface area contributed by atoms with E-state index in [-0.39, 0.29) is 27.4 Å². The molecule has 0 aliphatic carbocycles. The largest absolute Gasteiger partial charge is 0.493 e. The van der Waals surface area contributed by atoms with Gasteiger partial charge >= 0.3 is 0 Å². The summed E-state index contributed by atoms with van der Waals surface area (Å²) in [6.45, 7) is 6.04. The first-order chi connectivity index (χ1) is 16.7. The maximum atomic E-state index is 14.2. The molecule has 9 heteroatoms. The molecule has 2 aromatic heterocycles. The van der Waals surface area contributed by atoms with Crippen LogP contribution in [0.5, 0.6) is 5.75 Å². The number of nitrogens with zero attached hydrogens (tertiary/aromatic N) is 2. The minimum atomic E-state index is -4.02. The summed E-state index contributed by atoms with van der Waals surface area (Å²) in [6.07, 6.45) is 5.44. The molecule has 2 aromatic carbocycles. The molecule has 0 bridgehead atoms. The standard InChI is InChI=1S/C26H26FN3O4S/c1-4-18-11-21(29-26(31)19-5-8-25-28-9-10-30(25)15-19)6-7-24(18)35(32,33)23-13-20(27)12-22(14-23)34-16-17(2)3/h5-15,17H,4,16H2,1-3H3,(H,29,31). The molecule has 0 fully saturated rings. The predicted molar refractivity (Wildman–Crippen MR) is 131 cm³/mol. The fourth-order valence-electron chi connectivity index (χ4n) is 3.62. The highest BCUT2D eigenvalue weighted by Crippen LogP contribution is 2.30. The number of aryl methyl sites for hydroxylation is 1. The molecule has 7 nitrogen and oxygen atoms in total. The van der Waals surface area contributed by atoms with Gasteiger partial charge in [0.05, 0.1) is 22.0 Å². The first-order valence-corrected chi connectivity index (χ1v) is 12.7. The summed E-state index contributed by atoms with van der Waals surface area (Å²) in [4.78, 5) is 16.8. The third-order valence-electron chi connectivity index (χ3n) is 5.38. The number of benzene rings is 2. The summed E-state index contributed by atoms with van der Waals surface area (Å²) in [5.74, 6) is -0.666. The van der Waals surface area contributed by atoms with Gasteiger partial charge in [0, 0.05) is 30.3 Å². The summed E-state index contributed by atoms with van der Waals surface area (Å²) in [5.41, 5.74) is 2.11. The minimum absolute atomic E-state index is 0.0539. The van der Waals surface area contributed by atoms with E-state index in [4.69, 9.17) is 4.74 Å². The molecule has 1 amide bonds. The van der Waals surface area contributed by atoms with Crippen LogP contribution in [-0.2, 0) is 16.3 Å². The number of hydrogen-bond acceptors (Lipinski definition) is 5. The van der Waals surface area contributed by atoms with E-state index >= 15 is 0 Å². The Balaban J connectivity index is 1.61. The van der Waals surface area contributed by atoms with Gasteiger partial charge in [-0.25, -0.2) is 17.8 Å². The number of rotatable bonds is 8. The number of amides is 1. The van der Waals surface area contributed by atoms with Crippen molar-refractivity contribution in [2.75, 3.05) is 11.9 Å². The molecule has 0 spiro atoms. The minimum Gasteiger partial charge on any atom is -0.493 e. The summed E-state index contributed by atoms with van der Waals surface area (Å²) in [6, 6.07) is 11.5. The number of halogens is 1. The van der Waals surface area contributed by atoms with Gasteiger partial charge in [0.15, 0.2) is 0 Å². The molecule has 0 atom stereocenters. The van der Waals surface area contributed by atoms with E-state index in [1.165, 1.54) is 24.3 Å². The van der Waals surface area contributed by atoms with Gasteiger partial charge in [0.25, 0.3) is 5.91 Å². The zero-order valence-corrected chi connectivity index (χ0v) is 20.5. The van der Waals surface area contributed by atoms with Crippen molar-refractivity contribution in [2.24, 2.45) is 5.92 Å². The van der Waals surface area contributed by atoms with Crippen LogP contribution in [0.3, 0.4) is 0 Å². The monoisotopic (exact) mass is 495 g/mol. The molecule has 0 aliphatic heterocycles. The van der Waals surface area contributed by atoms with Crippen molar-refractivity contribution in [3.63, 3.8) is 0 Å². The zero-order chi connectivity index (χ0) is 25.2. The van der Waals surface area contributed by atoms with Gasteiger partial charge in [-0.05, 0) is 60.4 Å². The lowest BCUT2D eigenvalue weighted by atomic mass is 10.1. The molecule has 0 aliphatic rings. The number of imidazole rings is 1. The molecular formula is C26H26FN3O4S. The quantitative estimate of drug-likeness (QED) is 0.365. The second kappa shape index (κ2) is 9.87.